The number of hydrogen-bond acceptors (Lipinski definition) is 7. The minimum absolute atomic E-state index is 0.0891. The lowest BCUT2D eigenvalue weighted by Crippen LogP contribution is -2.32. The van der Waals surface area contributed by atoms with E-state index in [0.29, 0.717) is 25.3 Å². The highest BCUT2D eigenvalue weighted by atomic mass is 32.1. The standard InChI is InChI=1S/C30H42N4O3S.C2H6/c1-4-10-25(5-2)34(38)30(35)24-12-9-11-23(17-24)29-20-37-21-31-27-16-22(19-33-13-7-6-8-14-33)15-26(36-3)18-28(27)32-29;1-2/h9,11-12,15-17,25,31,38H,4-8,10,13-14,18-21H2,1-3H3;1-2H3/t25-;/m0./s1. The summed E-state index contributed by atoms with van der Waals surface area (Å²) in [5, 5.41) is 3.42. The molecule has 2 aliphatic heterocycles. The van der Waals surface area contributed by atoms with E-state index in [2.05, 4.69) is 49.0 Å². The first kappa shape index (κ1) is 32.0. The maximum atomic E-state index is 13.3. The highest BCUT2D eigenvalue weighted by Crippen LogP contribution is 2.27. The van der Waals surface area contributed by atoms with E-state index < -0.39 is 0 Å². The quantitative estimate of drug-likeness (QED) is 0.333. The fourth-order valence-corrected chi connectivity index (χ4v) is 5.66. The molecule has 220 valence electrons. The van der Waals surface area contributed by atoms with Crippen LogP contribution in [0.3, 0.4) is 0 Å². The highest BCUT2D eigenvalue weighted by Gasteiger charge is 2.22. The third-order valence-corrected chi connectivity index (χ3v) is 7.92. The van der Waals surface area contributed by atoms with Gasteiger partial charge >= 0.3 is 0 Å². The Morgan fingerprint density at radius 3 is 2.67 bits per heavy atom. The molecule has 4 rings (SSSR count). The predicted octanol–water partition coefficient (Wildman–Crippen LogP) is 6.50. The van der Waals surface area contributed by atoms with Crippen molar-refractivity contribution in [3.05, 3.63) is 70.3 Å². The monoisotopic (exact) mass is 568 g/mol. The van der Waals surface area contributed by atoms with Crippen molar-refractivity contribution >= 4 is 24.4 Å². The van der Waals surface area contributed by atoms with Crippen molar-refractivity contribution in [2.24, 2.45) is 4.99 Å². The number of carbonyl (C=O) groups excluding carboxylic acids is 1. The SMILES string of the molecule is CC.CCC[C@H](CC)N(S)C(=O)c1cccc(C2=NC3=C(C=C(CN4CCCCC4)C=C(OC)C3)NCOC2)c1. The van der Waals surface area contributed by atoms with Crippen LogP contribution in [0.15, 0.2) is 64.1 Å². The number of nitrogens with one attached hydrogen (secondary N) is 1. The van der Waals surface area contributed by atoms with Gasteiger partial charge in [-0.2, -0.15) is 0 Å². The second-order valence-corrected chi connectivity index (χ2v) is 10.6. The molecular weight excluding hydrogens is 520 g/mol. The van der Waals surface area contributed by atoms with Crippen molar-refractivity contribution in [1.29, 1.82) is 0 Å². The summed E-state index contributed by atoms with van der Waals surface area (Å²) >= 11 is 4.57. The largest absolute Gasteiger partial charge is 0.501 e. The van der Waals surface area contributed by atoms with E-state index in [9.17, 15) is 4.79 Å². The van der Waals surface area contributed by atoms with Crippen LogP contribution in [0, 0.1) is 0 Å². The average Bonchev–Trinajstić information content (AvgIpc) is 3.14. The molecule has 2 heterocycles. The van der Waals surface area contributed by atoms with E-state index in [1.54, 1.807) is 11.4 Å². The Morgan fingerprint density at radius 1 is 1.20 bits per heavy atom. The van der Waals surface area contributed by atoms with Crippen LogP contribution in [0.5, 0.6) is 0 Å². The number of amides is 1. The van der Waals surface area contributed by atoms with Crippen LogP contribution in [0.25, 0.3) is 0 Å². The molecule has 0 unspecified atom stereocenters. The average molecular weight is 569 g/mol. The van der Waals surface area contributed by atoms with Gasteiger partial charge in [-0.05, 0) is 74.2 Å². The highest BCUT2D eigenvalue weighted by molar-refractivity contribution is 7.78. The fraction of sp³-hybridized carbons (Fsp3) is 0.562. The molecule has 1 aliphatic carbocycles. The Morgan fingerprint density at radius 2 is 1.98 bits per heavy atom. The molecule has 0 spiro atoms. The number of benzene rings is 1. The van der Waals surface area contributed by atoms with E-state index in [4.69, 9.17) is 14.5 Å². The molecular formula is C32H48N4O3S. The van der Waals surface area contributed by atoms with Crippen molar-refractivity contribution in [3.8, 4) is 0 Å². The van der Waals surface area contributed by atoms with Crippen molar-refractivity contribution in [1.82, 2.24) is 14.5 Å². The summed E-state index contributed by atoms with van der Waals surface area (Å²) in [6, 6.07) is 7.75. The Labute approximate surface area is 246 Å². The number of carbonyl (C=O) groups is 1. The van der Waals surface area contributed by atoms with Gasteiger partial charge in [0.15, 0.2) is 0 Å². The maximum absolute atomic E-state index is 13.3. The molecule has 0 bridgehead atoms. The van der Waals surface area contributed by atoms with E-state index in [1.807, 2.05) is 38.1 Å². The van der Waals surface area contributed by atoms with E-state index in [1.165, 1.54) is 24.8 Å². The molecule has 1 aromatic carbocycles. The van der Waals surface area contributed by atoms with Crippen molar-refractivity contribution in [2.75, 3.05) is 40.1 Å². The first-order valence-electron chi connectivity index (χ1n) is 14.9. The number of nitrogens with zero attached hydrogens (tertiary/aromatic N) is 3. The van der Waals surface area contributed by atoms with Crippen LogP contribution in [0.1, 0.15) is 88.6 Å². The van der Waals surface area contributed by atoms with Gasteiger partial charge in [0.2, 0.25) is 0 Å². The molecule has 0 saturated carbocycles. The number of allylic oxidation sites excluding steroid dienone is 1. The number of piperidine rings is 1. The van der Waals surface area contributed by atoms with Gasteiger partial charge < -0.3 is 14.8 Å². The summed E-state index contributed by atoms with van der Waals surface area (Å²) in [5.41, 5.74) is 5.34. The summed E-state index contributed by atoms with van der Waals surface area (Å²) in [4.78, 5) is 20.8. The van der Waals surface area contributed by atoms with Gasteiger partial charge in [-0.25, -0.2) is 0 Å². The number of methoxy groups -OCH3 is 1. The Balaban J connectivity index is 0.00000216. The number of likely N-dealkylation sites (tertiary alicyclic amines) is 1. The van der Waals surface area contributed by atoms with Crippen LogP contribution in [-0.4, -0.2) is 66.9 Å². The lowest BCUT2D eigenvalue weighted by Gasteiger charge is -2.27. The normalized spacial score (nSPS) is 18.7. The lowest BCUT2D eigenvalue weighted by molar-refractivity contribution is 0.0830. The van der Waals surface area contributed by atoms with Gasteiger partial charge in [-0.15, -0.1) is 0 Å². The zero-order chi connectivity index (χ0) is 28.9. The Bertz CT molecular complexity index is 1110. The Kier molecular flexibility index (Phi) is 13.3. The third kappa shape index (κ3) is 8.72. The molecule has 0 radical (unpaired) electrons. The molecule has 1 saturated heterocycles. The van der Waals surface area contributed by atoms with Gasteiger partial charge in [0.05, 0.1) is 30.8 Å². The second-order valence-electron chi connectivity index (χ2n) is 10.2. The zero-order valence-corrected chi connectivity index (χ0v) is 25.9. The molecule has 3 aliphatic rings. The van der Waals surface area contributed by atoms with Crippen molar-refractivity contribution in [3.63, 3.8) is 0 Å². The van der Waals surface area contributed by atoms with Crippen LogP contribution in [0.2, 0.25) is 0 Å². The van der Waals surface area contributed by atoms with E-state index in [0.717, 1.165) is 67.3 Å². The van der Waals surface area contributed by atoms with Crippen molar-refractivity contribution < 1.29 is 14.3 Å². The maximum Gasteiger partial charge on any atom is 0.263 e. The molecule has 40 heavy (non-hydrogen) atoms. The molecule has 1 aromatic rings. The number of ether oxygens (including phenoxy) is 2. The minimum atomic E-state index is -0.0891. The van der Waals surface area contributed by atoms with Crippen LogP contribution in [-0.2, 0) is 9.47 Å². The smallest absolute Gasteiger partial charge is 0.263 e. The number of hydrogen-bond donors (Lipinski definition) is 2. The summed E-state index contributed by atoms with van der Waals surface area (Å²) in [6.45, 7) is 12.1. The molecule has 8 heteroatoms. The number of thiol groups is 1. The fourth-order valence-electron chi connectivity index (χ4n) is 5.26. The predicted molar refractivity (Wildman–Crippen MR) is 168 cm³/mol. The number of aliphatic imine (C=N–C) groups is 1. The van der Waals surface area contributed by atoms with Crippen LogP contribution in [0.4, 0.5) is 0 Å². The summed E-state index contributed by atoms with van der Waals surface area (Å²) in [7, 11) is 1.72. The molecule has 1 atom stereocenters. The first-order chi connectivity index (χ1) is 19.5. The summed E-state index contributed by atoms with van der Waals surface area (Å²) in [5.74, 6) is 0.801. The molecule has 1 amide bonds. The summed E-state index contributed by atoms with van der Waals surface area (Å²) in [6.07, 6.45) is 11.6. The summed E-state index contributed by atoms with van der Waals surface area (Å²) < 4.78 is 13.3. The molecule has 7 nitrogen and oxygen atoms in total. The van der Waals surface area contributed by atoms with Crippen LogP contribution < -0.4 is 5.32 Å². The van der Waals surface area contributed by atoms with E-state index >= 15 is 0 Å². The van der Waals surface area contributed by atoms with Gasteiger partial charge in [0, 0.05) is 24.6 Å². The minimum Gasteiger partial charge on any atom is -0.501 e. The molecule has 0 aromatic heterocycles. The number of rotatable bonds is 9. The lowest BCUT2D eigenvalue weighted by atomic mass is 10.0. The van der Waals surface area contributed by atoms with Gasteiger partial charge in [-0.1, -0.05) is 65.5 Å². The topological polar surface area (TPSA) is 66.4 Å². The van der Waals surface area contributed by atoms with Crippen LogP contribution >= 0.6 is 12.8 Å². The zero-order valence-electron chi connectivity index (χ0n) is 25.0. The van der Waals surface area contributed by atoms with Crippen molar-refractivity contribution in [2.45, 2.75) is 78.7 Å². The second kappa shape index (κ2) is 16.7. The third-order valence-electron chi connectivity index (χ3n) is 7.41. The van der Waals surface area contributed by atoms with E-state index in [-0.39, 0.29) is 11.9 Å². The molecule has 1 fully saturated rings. The molecule has 1 N–H and O–H groups in total. The first-order valence-corrected chi connectivity index (χ1v) is 15.3. The Hall–Kier alpha value is -2.55. The van der Waals surface area contributed by atoms with Gasteiger partial charge in [0.1, 0.15) is 12.5 Å². The van der Waals surface area contributed by atoms with Gasteiger partial charge in [0.25, 0.3) is 5.91 Å². The van der Waals surface area contributed by atoms with Gasteiger partial charge in [-0.3, -0.25) is 19.0 Å².